The predicted molar refractivity (Wildman–Crippen MR) is 98.5 cm³/mol. The van der Waals surface area contributed by atoms with E-state index in [1.807, 2.05) is 4.90 Å². The van der Waals surface area contributed by atoms with Crippen LogP contribution in [-0.2, 0) is 19.7 Å². The number of amides is 2. The van der Waals surface area contributed by atoms with Crippen molar-refractivity contribution in [1.29, 1.82) is 0 Å². The quantitative estimate of drug-likeness (QED) is 0.900. The maximum absolute atomic E-state index is 13.2. The lowest BCUT2D eigenvalue weighted by Gasteiger charge is -2.36. The van der Waals surface area contributed by atoms with E-state index >= 15 is 0 Å². The standard InChI is InChI=1S/C21H28N2O3/c1-14-3-2-4-16(13-14)21(9-10-21)20(25)23-11-7-15(8-12-23)17-5-6-18(26-17)19(22)24/h2-4,13,15,17-18H,5-12H2,1H3,(H2,22,24)/t17-,18+/m0/s1. The SMILES string of the molecule is Cc1cccc(C2(C(=O)N3CCC([C@@H]4CC[C@H](C(N)=O)O4)CC3)CC2)c1. The van der Waals surface area contributed by atoms with Crippen molar-refractivity contribution in [3.63, 3.8) is 0 Å². The second kappa shape index (κ2) is 6.69. The van der Waals surface area contributed by atoms with Crippen LogP contribution in [0.1, 0.15) is 49.7 Å². The molecule has 1 aromatic rings. The number of carbonyl (C=O) groups excluding carboxylic acids is 2. The second-order valence-electron chi connectivity index (χ2n) is 8.22. The average Bonchev–Trinajstić information content (AvgIpc) is 3.30. The van der Waals surface area contributed by atoms with Gasteiger partial charge < -0.3 is 15.4 Å². The lowest BCUT2D eigenvalue weighted by molar-refractivity contribution is -0.136. The minimum absolute atomic E-state index is 0.122. The molecule has 3 fully saturated rings. The van der Waals surface area contributed by atoms with E-state index in [4.69, 9.17) is 10.5 Å². The molecule has 0 radical (unpaired) electrons. The third kappa shape index (κ3) is 3.13. The van der Waals surface area contributed by atoms with E-state index in [9.17, 15) is 9.59 Å². The van der Waals surface area contributed by atoms with Crippen molar-refractivity contribution in [3.8, 4) is 0 Å². The summed E-state index contributed by atoms with van der Waals surface area (Å²) in [5, 5.41) is 0. The molecule has 5 nitrogen and oxygen atoms in total. The van der Waals surface area contributed by atoms with Gasteiger partial charge in [0.15, 0.2) is 0 Å². The maximum Gasteiger partial charge on any atom is 0.246 e. The van der Waals surface area contributed by atoms with Crippen LogP contribution in [0, 0.1) is 12.8 Å². The Kier molecular flexibility index (Phi) is 4.51. The van der Waals surface area contributed by atoms with Crippen molar-refractivity contribution in [3.05, 3.63) is 35.4 Å². The monoisotopic (exact) mass is 356 g/mol. The fourth-order valence-corrected chi connectivity index (χ4v) is 4.69. The van der Waals surface area contributed by atoms with Gasteiger partial charge in [-0.05, 0) is 56.9 Å². The predicted octanol–water partition coefficient (Wildman–Crippen LogP) is 2.30. The molecule has 0 unspecified atom stereocenters. The van der Waals surface area contributed by atoms with Gasteiger partial charge in [0.25, 0.3) is 0 Å². The Labute approximate surface area is 154 Å². The number of aryl methyl sites for hydroxylation is 1. The van der Waals surface area contributed by atoms with Gasteiger partial charge in [-0.15, -0.1) is 0 Å². The van der Waals surface area contributed by atoms with Crippen molar-refractivity contribution >= 4 is 11.8 Å². The molecule has 2 heterocycles. The van der Waals surface area contributed by atoms with Crippen LogP contribution >= 0.6 is 0 Å². The zero-order chi connectivity index (χ0) is 18.3. The Hall–Kier alpha value is -1.88. The Balaban J connectivity index is 1.36. The summed E-state index contributed by atoms with van der Waals surface area (Å²) >= 11 is 0. The highest BCUT2D eigenvalue weighted by molar-refractivity contribution is 5.91. The minimum atomic E-state index is -0.421. The molecule has 2 saturated heterocycles. The van der Waals surface area contributed by atoms with Gasteiger partial charge in [-0.25, -0.2) is 0 Å². The largest absolute Gasteiger partial charge is 0.367 e. The zero-order valence-electron chi connectivity index (χ0n) is 15.4. The van der Waals surface area contributed by atoms with Gasteiger partial charge in [0.2, 0.25) is 11.8 Å². The van der Waals surface area contributed by atoms with Crippen LogP contribution in [-0.4, -0.2) is 42.0 Å². The Morgan fingerprint density at radius 1 is 1.15 bits per heavy atom. The summed E-state index contributed by atoms with van der Waals surface area (Å²) in [6, 6.07) is 8.39. The Morgan fingerprint density at radius 2 is 1.88 bits per heavy atom. The third-order valence-corrected chi connectivity index (χ3v) is 6.45. The van der Waals surface area contributed by atoms with Gasteiger partial charge in [-0.1, -0.05) is 29.8 Å². The molecule has 5 heteroatoms. The number of nitrogens with two attached hydrogens (primary N) is 1. The lowest BCUT2D eigenvalue weighted by Crippen LogP contribution is -2.45. The van der Waals surface area contributed by atoms with Gasteiger partial charge in [-0.3, -0.25) is 9.59 Å². The van der Waals surface area contributed by atoms with Gasteiger partial charge in [0.05, 0.1) is 11.5 Å². The van der Waals surface area contributed by atoms with Gasteiger partial charge in [0.1, 0.15) is 6.10 Å². The number of ether oxygens (including phenoxy) is 1. The highest BCUT2D eigenvalue weighted by Crippen LogP contribution is 2.50. The normalized spacial score (nSPS) is 28.1. The molecule has 2 atom stereocenters. The van der Waals surface area contributed by atoms with E-state index in [0.29, 0.717) is 11.8 Å². The second-order valence-corrected chi connectivity index (χ2v) is 8.22. The molecule has 1 aliphatic carbocycles. The van der Waals surface area contributed by atoms with Crippen LogP contribution in [0.2, 0.25) is 0 Å². The number of primary amides is 1. The molecular formula is C21H28N2O3. The van der Waals surface area contributed by atoms with E-state index < -0.39 is 6.10 Å². The summed E-state index contributed by atoms with van der Waals surface area (Å²) < 4.78 is 5.84. The number of hydrogen-bond donors (Lipinski definition) is 1. The summed E-state index contributed by atoms with van der Waals surface area (Å²) in [5.74, 6) is 0.371. The highest BCUT2D eigenvalue weighted by Gasteiger charge is 2.53. The first-order chi connectivity index (χ1) is 12.5. The number of likely N-dealkylation sites (tertiary alicyclic amines) is 1. The average molecular weight is 356 g/mol. The molecule has 1 saturated carbocycles. The van der Waals surface area contributed by atoms with E-state index in [0.717, 1.165) is 51.6 Å². The third-order valence-electron chi connectivity index (χ3n) is 6.45. The summed E-state index contributed by atoms with van der Waals surface area (Å²) in [4.78, 5) is 26.5. The van der Waals surface area contributed by atoms with Crippen molar-refractivity contribution in [1.82, 2.24) is 4.90 Å². The molecule has 0 spiro atoms. The first-order valence-corrected chi connectivity index (χ1v) is 9.81. The molecule has 4 rings (SSSR count). The smallest absolute Gasteiger partial charge is 0.246 e. The number of piperidine rings is 1. The van der Waals surface area contributed by atoms with E-state index in [1.54, 1.807) is 0 Å². The number of nitrogens with zero attached hydrogens (tertiary/aromatic N) is 1. The minimum Gasteiger partial charge on any atom is -0.367 e. The van der Waals surface area contributed by atoms with Crippen LogP contribution in [0.4, 0.5) is 0 Å². The Bertz CT molecular complexity index is 705. The molecule has 2 N–H and O–H groups in total. The number of carbonyl (C=O) groups is 2. The highest BCUT2D eigenvalue weighted by atomic mass is 16.5. The number of rotatable bonds is 4. The van der Waals surface area contributed by atoms with E-state index in [1.165, 1.54) is 11.1 Å². The van der Waals surface area contributed by atoms with Gasteiger partial charge >= 0.3 is 0 Å². The molecule has 140 valence electrons. The molecule has 2 amide bonds. The number of benzene rings is 1. The number of hydrogen-bond acceptors (Lipinski definition) is 3. The fourth-order valence-electron chi connectivity index (χ4n) is 4.69. The van der Waals surface area contributed by atoms with Crippen LogP contribution in [0.3, 0.4) is 0 Å². The van der Waals surface area contributed by atoms with Crippen LogP contribution in [0.5, 0.6) is 0 Å². The van der Waals surface area contributed by atoms with Gasteiger partial charge in [0, 0.05) is 13.1 Å². The summed E-state index contributed by atoms with van der Waals surface area (Å²) in [5.41, 5.74) is 7.46. The van der Waals surface area contributed by atoms with Crippen molar-refractivity contribution in [2.24, 2.45) is 11.7 Å². The van der Waals surface area contributed by atoms with E-state index in [-0.39, 0.29) is 17.4 Å². The molecule has 3 aliphatic rings. The van der Waals surface area contributed by atoms with Crippen LogP contribution in [0.25, 0.3) is 0 Å². The topological polar surface area (TPSA) is 72.6 Å². The van der Waals surface area contributed by atoms with Crippen LogP contribution in [0.15, 0.2) is 24.3 Å². The van der Waals surface area contributed by atoms with Crippen molar-refractivity contribution in [2.75, 3.05) is 13.1 Å². The Morgan fingerprint density at radius 3 is 2.46 bits per heavy atom. The first kappa shape index (κ1) is 17.5. The summed E-state index contributed by atoms with van der Waals surface area (Å²) in [7, 11) is 0. The molecule has 2 aliphatic heterocycles. The summed E-state index contributed by atoms with van der Waals surface area (Å²) in [6.45, 7) is 3.66. The lowest BCUT2D eigenvalue weighted by atomic mass is 9.87. The molecule has 1 aromatic carbocycles. The summed E-state index contributed by atoms with van der Waals surface area (Å²) in [6.07, 6.45) is 5.15. The van der Waals surface area contributed by atoms with Crippen LogP contribution < -0.4 is 5.73 Å². The first-order valence-electron chi connectivity index (χ1n) is 9.81. The zero-order valence-corrected chi connectivity index (χ0v) is 15.4. The molecular weight excluding hydrogens is 328 g/mol. The molecule has 0 aromatic heterocycles. The van der Waals surface area contributed by atoms with Crippen molar-refractivity contribution < 1.29 is 14.3 Å². The van der Waals surface area contributed by atoms with Crippen molar-refractivity contribution in [2.45, 2.75) is 63.1 Å². The fraction of sp³-hybridized carbons (Fsp3) is 0.619. The maximum atomic E-state index is 13.2. The van der Waals surface area contributed by atoms with E-state index in [2.05, 4.69) is 31.2 Å². The van der Waals surface area contributed by atoms with Gasteiger partial charge in [-0.2, -0.15) is 0 Å². The molecule has 26 heavy (non-hydrogen) atoms. The molecule has 0 bridgehead atoms.